The molecule has 0 N–H and O–H groups in total. The van der Waals surface area contributed by atoms with Crippen molar-refractivity contribution in [2.75, 3.05) is 0 Å². The van der Waals surface area contributed by atoms with Crippen molar-refractivity contribution in [2.45, 2.75) is 52.2 Å². The fourth-order valence-electron chi connectivity index (χ4n) is 4.14. The van der Waals surface area contributed by atoms with Crippen LogP contribution in [0.5, 0.6) is 0 Å². The van der Waals surface area contributed by atoms with E-state index >= 15 is 0 Å². The van der Waals surface area contributed by atoms with Gasteiger partial charge in [0.2, 0.25) is 0 Å². The topological polar surface area (TPSA) is 42.2 Å². The standard InChI is InChI=1S/C28H31N3O/c1-3-4-16-27(25-19-26(30-22(2)29-25)28-17-11-18-32-28)31(20-23-12-7-5-8-13-23)21-24-14-9-6-10-15-24/h5-15,17-19,27H,3-4,16,20-21H2,1-2H3/t27-/m0/s1. The Morgan fingerprint density at radius 2 is 1.50 bits per heavy atom. The number of aromatic nitrogens is 2. The van der Waals surface area contributed by atoms with Crippen LogP contribution in [0.15, 0.2) is 89.5 Å². The number of rotatable bonds is 10. The quantitative estimate of drug-likeness (QED) is 0.275. The van der Waals surface area contributed by atoms with Crippen LogP contribution in [0.1, 0.15) is 54.9 Å². The maximum Gasteiger partial charge on any atom is 0.152 e. The van der Waals surface area contributed by atoms with Gasteiger partial charge in [-0.2, -0.15) is 0 Å². The first-order valence-corrected chi connectivity index (χ1v) is 11.4. The van der Waals surface area contributed by atoms with Crippen LogP contribution in [0.2, 0.25) is 0 Å². The maximum atomic E-state index is 5.64. The SMILES string of the molecule is CCCC[C@@H](c1cc(-c2ccco2)nc(C)n1)N(Cc1ccccc1)Cc1ccccc1. The maximum absolute atomic E-state index is 5.64. The number of aryl methyl sites for hydroxylation is 1. The third-order valence-electron chi connectivity index (χ3n) is 5.70. The van der Waals surface area contributed by atoms with Gasteiger partial charge in [-0.1, -0.05) is 80.4 Å². The van der Waals surface area contributed by atoms with Gasteiger partial charge in [-0.05, 0) is 42.7 Å². The van der Waals surface area contributed by atoms with Crippen LogP contribution in [0.4, 0.5) is 0 Å². The van der Waals surface area contributed by atoms with Gasteiger partial charge in [-0.25, -0.2) is 9.97 Å². The van der Waals surface area contributed by atoms with Gasteiger partial charge in [0.15, 0.2) is 5.76 Å². The van der Waals surface area contributed by atoms with Crippen LogP contribution in [0.25, 0.3) is 11.5 Å². The number of furan rings is 1. The number of benzene rings is 2. The van der Waals surface area contributed by atoms with E-state index in [-0.39, 0.29) is 6.04 Å². The molecule has 2 aromatic carbocycles. The molecular weight excluding hydrogens is 394 g/mol. The van der Waals surface area contributed by atoms with Crippen LogP contribution < -0.4 is 0 Å². The number of hydrogen-bond acceptors (Lipinski definition) is 4. The molecular formula is C28H31N3O. The monoisotopic (exact) mass is 425 g/mol. The summed E-state index contributed by atoms with van der Waals surface area (Å²) < 4.78 is 5.64. The summed E-state index contributed by atoms with van der Waals surface area (Å²) in [5.74, 6) is 1.55. The van der Waals surface area contributed by atoms with Crippen molar-refractivity contribution in [3.05, 3.63) is 108 Å². The molecule has 0 aliphatic heterocycles. The molecule has 0 spiro atoms. The molecule has 1 atom stereocenters. The fourth-order valence-corrected chi connectivity index (χ4v) is 4.14. The zero-order chi connectivity index (χ0) is 22.2. The van der Waals surface area contributed by atoms with E-state index in [1.807, 2.05) is 19.1 Å². The first kappa shape index (κ1) is 22.0. The largest absolute Gasteiger partial charge is 0.463 e. The van der Waals surface area contributed by atoms with Gasteiger partial charge in [0.1, 0.15) is 11.5 Å². The molecule has 0 saturated heterocycles. The molecule has 164 valence electrons. The summed E-state index contributed by atoms with van der Waals surface area (Å²) >= 11 is 0. The van der Waals surface area contributed by atoms with Crippen molar-refractivity contribution in [3.8, 4) is 11.5 Å². The average Bonchev–Trinajstić information content (AvgIpc) is 3.35. The Morgan fingerprint density at radius 3 is 2.06 bits per heavy atom. The van der Waals surface area contributed by atoms with Crippen molar-refractivity contribution in [2.24, 2.45) is 0 Å². The van der Waals surface area contributed by atoms with Crippen molar-refractivity contribution in [1.82, 2.24) is 14.9 Å². The molecule has 4 aromatic rings. The Labute approximate surface area is 191 Å². The second-order valence-electron chi connectivity index (χ2n) is 8.24. The first-order chi connectivity index (χ1) is 15.7. The summed E-state index contributed by atoms with van der Waals surface area (Å²) in [7, 11) is 0. The van der Waals surface area contributed by atoms with Gasteiger partial charge in [-0.15, -0.1) is 0 Å². The van der Waals surface area contributed by atoms with E-state index in [2.05, 4.69) is 83.5 Å². The second kappa shape index (κ2) is 10.9. The van der Waals surface area contributed by atoms with Gasteiger partial charge in [-0.3, -0.25) is 4.90 Å². The van der Waals surface area contributed by atoms with Gasteiger partial charge in [0.05, 0.1) is 18.0 Å². The van der Waals surface area contributed by atoms with E-state index in [1.54, 1.807) is 6.26 Å². The van der Waals surface area contributed by atoms with Crippen molar-refractivity contribution in [1.29, 1.82) is 0 Å². The van der Waals surface area contributed by atoms with E-state index < -0.39 is 0 Å². The van der Waals surface area contributed by atoms with Gasteiger partial charge in [0, 0.05) is 13.1 Å². The van der Waals surface area contributed by atoms with Crippen molar-refractivity contribution < 1.29 is 4.42 Å². The zero-order valence-electron chi connectivity index (χ0n) is 18.9. The first-order valence-electron chi connectivity index (χ1n) is 11.4. The minimum absolute atomic E-state index is 0.186. The molecule has 0 bridgehead atoms. The van der Waals surface area contributed by atoms with E-state index in [0.29, 0.717) is 0 Å². The van der Waals surface area contributed by atoms with Crippen LogP contribution >= 0.6 is 0 Å². The Hall–Kier alpha value is -3.24. The van der Waals surface area contributed by atoms with E-state index in [1.165, 1.54) is 11.1 Å². The van der Waals surface area contributed by atoms with Crippen LogP contribution in [-0.4, -0.2) is 14.9 Å². The minimum atomic E-state index is 0.186. The smallest absolute Gasteiger partial charge is 0.152 e. The van der Waals surface area contributed by atoms with Crippen molar-refractivity contribution in [3.63, 3.8) is 0 Å². The highest BCUT2D eigenvalue weighted by atomic mass is 16.3. The van der Waals surface area contributed by atoms with Crippen LogP contribution in [0.3, 0.4) is 0 Å². The lowest BCUT2D eigenvalue weighted by Crippen LogP contribution is -2.29. The fraction of sp³-hybridized carbons (Fsp3) is 0.286. The molecule has 0 saturated carbocycles. The Kier molecular flexibility index (Phi) is 7.47. The third kappa shape index (κ3) is 5.71. The molecule has 0 radical (unpaired) electrons. The highest BCUT2D eigenvalue weighted by molar-refractivity contribution is 5.52. The molecule has 2 heterocycles. The molecule has 4 nitrogen and oxygen atoms in total. The molecule has 0 unspecified atom stereocenters. The normalized spacial score (nSPS) is 12.2. The lowest BCUT2D eigenvalue weighted by Gasteiger charge is -2.32. The van der Waals surface area contributed by atoms with Gasteiger partial charge < -0.3 is 4.42 Å². The van der Waals surface area contributed by atoms with Crippen molar-refractivity contribution >= 4 is 0 Å². The molecule has 4 rings (SSSR count). The van der Waals surface area contributed by atoms with Crippen LogP contribution in [0, 0.1) is 6.92 Å². The molecule has 0 aliphatic rings. The molecule has 32 heavy (non-hydrogen) atoms. The minimum Gasteiger partial charge on any atom is -0.463 e. The summed E-state index contributed by atoms with van der Waals surface area (Å²) in [4.78, 5) is 12.1. The number of hydrogen-bond donors (Lipinski definition) is 0. The summed E-state index contributed by atoms with van der Waals surface area (Å²) in [5, 5.41) is 0. The van der Waals surface area contributed by atoms with Gasteiger partial charge >= 0.3 is 0 Å². The summed E-state index contributed by atoms with van der Waals surface area (Å²) in [5.41, 5.74) is 4.52. The highest BCUT2D eigenvalue weighted by Crippen LogP contribution is 2.31. The number of nitrogens with zero attached hydrogens (tertiary/aromatic N) is 3. The van der Waals surface area contributed by atoms with E-state index in [0.717, 1.165) is 55.3 Å². The molecule has 4 heteroatoms. The lowest BCUT2D eigenvalue weighted by atomic mass is 10.0. The predicted molar refractivity (Wildman–Crippen MR) is 129 cm³/mol. The number of unbranched alkanes of at least 4 members (excludes halogenated alkanes) is 1. The van der Waals surface area contributed by atoms with E-state index in [4.69, 9.17) is 9.40 Å². The van der Waals surface area contributed by atoms with Crippen LogP contribution in [-0.2, 0) is 13.1 Å². The Balaban J connectivity index is 1.73. The predicted octanol–water partition coefficient (Wildman–Crippen LogP) is 6.98. The average molecular weight is 426 g/mol. The van der Waals surface area contributed by atoms with Gasteiger partial charge in [0.25, 0.3) is 0 Å². The zero-order valence-corrected chi connectivity index (χ0v) is 18.9. The molecule has 0 aliphatic carbocycles. The molecule has 2 aromatic heterocycles. The Morgan fingerprint density at radius 1 is 0.844 bits per heavy atom. The molecule has 0 amide bonds. The summed E-state index contributed by atoms with van der Waals surface area (Å²) in [6, 6.07) is 27.6. The van der Waals surface area contributed by atoms with E-state index in [9.17, 15) is 0 Å². The second-order valence-corrected chi connectivity index (χ2v) is 8.24. The molecule has 0 fully saturated rings. The summed E-state index contributed by atoms with van der Waals surface area (Å²) in [6.45, 7) is 5.94. The highest BCUT2D eigenvalue weighted by Gasteiger charge is 2.23. The summed E-state index contributed by atoms with van der Waals surface area (Å²) in [6.07, 6.45) is 5.03. The Bertz CT molecular complexity index is 1040. The third-order valence-corrected chi connectivity index (χ3v) is 5.70. The lowest BCUT2D eigenvalue weighted by molar-refractivity contribution is 0.163.